The second kappa shape index (κ2) is 13.8. The van der Waals surface area contributed by atoms with E-state index in [0.717, 1.165) is 0 Å². The van der Waals surface area contributed by atoms with Gasteiger partial charge in [0.05, 0.1) is 0 Å². The van der Waals surface area contributed by atoms with Crippen molar-refractivity contribution < 1.29 is 0 Å². The van der Waals surface area contributed by atoms with Crippen LogP contribution in [-0.2, 0) is 0 Å². The predicted molar refractivity (Wildman–Crippen MR) is 70.4 cm³/mol. The first-order chi connectivity index (χ1) is 7.41. The van der Waals surface area contributed by atoms with E-state index in [9.17, 15) is 0 Å². The molecule has 0 N–H and O–H groups in total. The summed E-state index contributed by atoms with van der Waals surface area (Å²) in [5.74, 6) is 0. The van der Waals surface area contributed by atoms with Crippen LogP contribution in [0.1, 0.15) is 45.4 Å². The average Bonchev–Trinajstić information content (AvgIpc) is 2.35. The maximum Gasteiger partial charge on any atom is -0.0623 e. The molecule has 80 valence electrons. The predicted octanol–water partition coefficient (Wildman–Crippen LogP) is 4.62. The molecule has 1 aliphatic rings. The molecule has 15 heavy (non-hydrogen) atoms. The maximum absolute atomic E-state index is 2.12. The summed E-state index contributed by atoms with van der Waals surface area (Å²) in [6.45, 7) is 2.12. The van der Waals surface area contributed by atoms with Gasteiger partial charge in [-0.25, -0.2) is 0 Å². The standard InChI is InChI=1S/C6H12.C6H6.C2H5.Li/c2*1-2-4-6-5-3-1;1-2;/h1-6H2;1-6H;1H2,2H3;. The Morgan fingerprint density at radius 2 is 0.800 bits per heavy atom. The molecule has 1 saturated carbocycles. The van der Waals surface area contributed by atoms with E-state index >= 15 is 0 Å². The van der Waals surface area contributed by atoms with E-state index in [1.807, 2.05) is 36.4 Å². The summed E-state index contributed by atoms with van der Waals surface area (Å²) in [5, 5.41) is 1.25. The number of rotatable bonds is 0. The molecule has 1 fully saturated rings. The Morgan fingerprint density at radius 1 is 0.667 bits per heavy atom. The van der Waals surface area contributed by atoms with Crippen LogP contribution in [0.5, 0.6) is 0 Å². The monoisotopic (exact) mass is 198 g/mol. The van der Waals surface area contributed by atoms with Gasteiger partial charge in [-0.2, -0.15) is 0 Å². The average molecular weight is 198 g/mol. The third kappa shape index (κ3) is 13.8. The third-order valence-corrected chi connectivity index (χ3v) is 2.17. The molecule has 0 radical (unpaired) electrons. The molecule has 1 aliphatic carbocycles. The van der Waals surface area contributed by atoms with Gasteiger partial charge in [0.15, 0.2) is 0 Å². The molecule has 1 heteroatoms. The van der Waals surface area contributed by atoms with E-state index in [1.54, 1.807) is 0 Å². The van der Waals surface area contributed by atoms with E-state index in [-0.39, 0.29) is 0 Å². The molecule has 0 unspecified atom stereocenters. The van der Waals surface area contributed by atoms with Crippen molar-refractivity contribution in [3.8, 4) is 0 Å². The molecule has 0 aromatic heterocycles. The normalized spacial score (nSPS) is 14.1. The fraction of sp³-hybridized carbons (Fsp3) is 0.571. The number of benzene rings is 1. The smallest absolute Gasteiger partial charge is 0.0623 e. The summed E-state index contributed by atoms with van der Waals surface area (Å²) in [4.78, 5) is 0. The minimum absolute atomic E-state index is 1.25. The van der Waals surface area contributed by atoms with Crippen molar-refractivity contribution in [2.24, 2.45) is 0 Å². The molecule has 0 amide bonds. The molecule has 1 aromatic rings. The van der Waals surface area contributed by atoms with Gasteiger partial charge in [-0.1, -0.05) is 74.9 Å². The minimum atomic E-state index is 1.25. The summed E-state index contributed by atoms with van der Waals surface area (Å²) in [6, 6.07) is 12.0. The van der Waals surface area contributed by atoms with Crippen molar-refractivity contribution in [2.75, 3.05) is 0 Å². The van der Waals surface area contributed by atoms with Gasteiger partial charge in [-0.05, 0) is 0 Å². The molecule has 0 saturated heterocycles. The van der Waals surface area contributed by atoms with Crippen molar-refractivity contribution in [1.82, 2.24) is 0 Å². The zero-order chi connectivity index (χ0) is 11.2. The van der Waals surface area contributed by atoms with Crippen LogP contribution in [0.4, 0.5) is 0 Å². The Kier molecular flexibility index (Phi) is 13.6. The van der Waals surface area contributed by atoms with Crippen LogP contribution >= 0.6 is 0 Å². The first kappa shape index (κ1) is 14.8. The van der Waals surface area contributed by atoms with Gasteiger partial charge in [0.25, 0.3) is 0 Å². The molecular formula is C14H23Li. The van der Waals surface area contributed by atoms with Crippen LogP contribution in [0.3, 0.4) is 0 Å². The second-order valence-electron chi connectivity index (χ2n) is 3.98. The van der Waals surface area contributed by atoms with E-state index in [4.69, 9.17) is 0 Å². The fourth-order valence-corrected chi connectivity index (χ4v) is 1.45. The van der Waals surface area contributed by atoms with Crippen LogP contribution in [0.25, 0.3) is 0 Å². The van der Waals surface area contributed by atoms with Gasteiger partial charge < -0.3 is 0 Å². The van der Waals surface area contributed by atoms with Gasteiger partial charge in [0.1, 0.15) is 0 Å². The quantitative estimate of drug-likeness (QED) is 0.533. The van der Waals surface area contributed by atoms with Crippen molar-refractivity contribution in [3.05, 3.63) is 36.4 Å². The van der Waals surface area contributed by atoms with Gasteiger partial charge in [0, 0.05) is 0 Å². The zero-order valence-corrected chi connectivity index (χ0v) is 10.4. The minimum Gasteiger partial charge on any atom is -0.0623 e. The van der Waals surface area contributed by atoms with Gasteiger partial charge in [-0.15, -0.1) is 0 Å². The Bertz CT molecular complexity index is 142. The SMILES string of the molecule is C1CCCCC1.[Li][CH2]C.c1ccccc1. The fourth-order valence-electron chi connectivity index (χ4n) is 1.45. The van der Waals surface area contributed by atoms with Crippen LogP contribution in [0.2, 0.25) is 5.09 Å². The molecule has 0 heterocycles. The molecule has 1 aromatic carbocycles. The van der Waals surface area contributed by atoms with Crippen molar-refractivity contribution in [1.29, 1.82) is 0 Å². The Hall–Kier alpha value is -0.183. The van der Waals surface area contributed by atoms with E-state index in [1.165, 1.54) is 43.6 Å². The molecule has 0 spiro atoms. The third-order valence-electron chi connectivity index (χ3n) is 2.17. The maximum atomic E-state index is 2.12. The summed E-state index contributed by atoms with van der Waals surface area (Å²) < 4.78 is 0. The summed E-state index contributed by atoms with van der Waals surface area (Å²) in [6.07, 6.45) is 9.00. The van der Waals surface area contributed by atoms with Crippen molar-refractivity contribution in [2.45, 2.75) is 50.5 Å². The van der Waals surface area contributed by atoms with E-state index in [2.05, 4.69) is 24.6 Å². The zero-order valence-electron chi connectivity index (χ0n) is 10.4. The molecule has 0 atom stereocenters. The van der Waals surface area contributed by atoms with Crippen LogP contribution < -0.4 is 0 Å². The number of hydrogen-bond acceptors (Lipinski definition) is 0. The Morgan fingerprint density at radius 3 is 0.933 bits per heavy atom. The van der Waals surface area contributed by atoms with Crippen LogP contribution in [-0.4, -0.2) is 17.7 Å². The summed E-state index contributed by atoms with van der Waals surface area (Å²) in [7, 11) is 0. The Labute approximate surface area is 105 Å². The van der Waals surface area contributed by atoms with Gasteiger partial charge >= 0.3 is 29.7 Å². The second-order valence-corrected chi connectivity index (χ2v) is 3.98. The molecule has 2 rings (SSSR count). The largest absolute Gasteiger partial charge is 0.0623 e. The van der Waals surface area contributed by atoms with E-state index < -0.39 is 0 Å². The van der Waals surface area contributed by atoms with Crippen molar-refractivity contribution >= 4 is 17.7 Å². The van der Waals surface area contributed by atoms with Gasteiger partial charge in [-0.3, -0.25) is 0 Å². The number of hydrogen-bond donors (Lipinski definition) is 0. The van der Waals surface area contributed by atoms with Gasteiger partial charge in [0.2, 0.25) is 0 Å². The van der Waals surface area contributed by atoms with E-state index in [0.29, 0.717) is 0 Å². The summed E-state index contributed by atoms with van der Waals surface area (Å²) >= 11 is 2.12. The van der Waals surface area contributed by atoms with Crippen LogP contribution in [0, 0.1) is 0 Å². The Balaban J connectivity index is 0.000000210. The van der Waals surface area contributed by atoms with Crippen molar-refractivity contribution in [3.63, 3.8) is 0 Å². The summed E-state index contributed by atoms with van der Waals surface area (Å²) in [5.41, 5.74) is 0. The first-order valence-electron chi connectivity index (χ1n) is 6.41. The molecule has 0 nitrogen and oxygen atoms in total. The first-order valence-corrected chi connectivity index (χ1v) is 6.41. The van der Waals surface area contributed by atoms with Crippen LogP contribution in [0.15, 0.2) is 36.4 Å². The molecule has 0 bridgehead atoms. The molecular weight excluding hydrogens is 175 g/mol. The topological polar surface area (TPSA) is 0 Å². The molecule has 0 aliphatic heterocycles.